The van der Waals surface area contributed by atoms with Gasteiger partial charge in [-0.15, -0.1) is 0 Å². The van der Waals surface area contributed by atoms with Gasteiger partial charge in [0.05, 0.1) is 13.2 Å². The first-order chi connectivity index (χ1) is 10.8. The second-order valence-corrected chi connectivity index (χ2v) is 5.53. The maximum Gasteiger partial charge on any atom is 0.187 e. The third-order valence-corrected chi connectivity index (χ3v) is 3.98. The molecule has 8 N–H and O–H groups in total. The van der Waals surface area contributed by atoms with Gasteiger partial charge in [-0.05, 0) is 0 Å². The van der Waals surface area contributed by atoms with Crippen molar-refractivity contribution >= 4 is 0 Å². The summed E-state index contributed by atoms with van der Waals surface area (Å²) >= 11 is 0. The van der Waals surface area contributed by atoms with E-state index in [9.17, 15) is 30.6 Å². The molecule has 0 amide bonds. The van der Waals surface area contributed by atoms with Crippen molar-refractivity contribution in [3.63, 3.8) is 0 Å². The van der Waals surface area contributed by atoms with Gasteiger partial charge < -0.3 is 55.1 Å². The molecular weight excluding hydrogens is 320 g/mol. The molecule has 0 aromatic rings. The molecule has 2 saturated heterocycles. The highest BCUT2D eigenvalue weighted by atomic mass is 16.7. The van der Waals surface area contributed by atoms with Gasteiger partial charge in [-0.2, -0.15) is 0 Å². The van der Waals surface area contributed by atoms with Gasteiger partial charge in [-0.25, -0.2) is 0 Å². The number of ether oxygens (including phenoxy) is 3. The second kappa shape index (κ2) is 7.63. The minimum Gasteiger partial charge on any atom is -0.394 e. The Labute approximate surface area is 130 Å². The Kier molecular flexibility index (Phi) is 6.27. The van der Waals surface area contributed by atoms with E-state index in [1.165, 1.54) is 0 Å². The normalized spacial score (nSPS) is 51.7. The molecule has 2 fully saturated rings. The fraction of sp³-hybridized carbons (Fsp3) is 1.00. The van der Waals surface area contributed by atoms with Gasteiger partial charge in [-0.3, -0.25) is 0 Å². The smallest absolute Gasteiger partial charge is 0.187 e. The lowest BCUT2D eigenvalue weighted by Gasteiger charge is -2.45. The Bertz CT molecular complexity index is 380. The summed E-state index contributed by atoms with van der Waals surface area (Å²) in [6.07, 6.45) is -15.7. The van der Waals surface area contributed by atoms with Crippen molar-refractivity contribution in [3.05, 3.63) is 0 Å². The molecule has 0 bridgehead atoms. The molecule has 0 aliphatic carbocycles. The van der Waals surface area contributed by atoms with Crippen molar-refractivity contribution in [2.75, 3.05) is 13.2 Å². The lowest BCUT2D eigenvalue weighted by molar-refractivity contribution is -0.355. The van der Waals surface area contributed by atoms with Crippen LogP contribution in [0.25, 0.3) is 0 Å². The van der Waals surface area contributed by atoms with Crippen molar-refractivity contribution in [1.82, 2.24) is 0 Å². The molecule has 0 unspecified atom stereocenters. The molecule has 11 nitrogen and oxygen atoms in total. The predicted molar refractivity (Wildman–Crippen MR) is 68.6 cm³/mol. The summed E-state index contributed by atoms with van der Waals surface area (Å²) in [5, 5.41) is 76.8. The quantitative estimate of drug-likeness (QED) is 0.243. The van der Waals surface area contributed by atoms with Gasteiger partial charge in [0.2, 0.25) is 0 Å². The third-order valence-electron chi connectivity index (χ3n) is 3.98. The van der Waals surface area contributed by atoms with Crippen LogP contribution in [0.5, 0.6) is 0 Å². The third kappa shape index (κ3) is 3.65. The molecule has 0 radical (unpaired) electrons. The van der Waals surface area contributed by atoms with Gasteiger partial charge in [0, 0.05) is 0 Å². The molecule has 2 rings (SSSR count). The Morgan fingerprint density at radius 3 is 1.78 bits per heavy atom. The van der Waals surface area contributed by atoms with Crippen LogP contribution in [0, 0.1) is 0 Å². The molecule has 23 heavy (non-hydrogen) atoms. The van der Waals surface area contributed by atoms with Crippen LogP contribution in [0.4, 0.5) is 0 Å². The van der Waals surface area contributed by atoms with E-state index in [2.05, 4.69) is 0 Å². The van der Waals surface area contributed by atoms with Crippen LogP contribution >= 0.6 is 0 Å². The lowest BCUT2D eigenvalue weighted by atomic mass is 9.97. The Morgan fingerprint density at radius 1 is 0.652 bits per heavy atom. The zero-order chi connectivity index (χ0) is 17.3. The maximum absolute atomic E-state index is 10.00. The summed E-state index contributed by atoms with van der Waals surface area (Å²) in [4.78, 5) is 0. The first kappa shape index (κ1) is 18.9. The fourth-order valence-electron chi connectivity index (χ4n) is 2.56. The lowest BCUT2D eigenvalue weighted by Crippen LogP contribution is -2.64. The van der Waals surface area contributed by atoms with Crippen molar-refractivity contribution in [1.29, 1.82) is 0 Å². The van der Waals surface area contributed by atoms with E-state index in [1.807, 2.05) is 0 Å². The Hall–Kier alpha value is -0.440. The zero-order valence-electron chi connectivity index (χ0n) is 12.0. The molecule has 0 saturated carbocycles. The number of aliphatic hydroxyl groups excluding tert-OH is 8. The van der Waals surface area contributed by atoms with E-state index >= 15 is 0 Å². The van der Waals surface area contributed by atoms with Crippen LogP contribution in [-0.2, 0) is 14.2 Å². The minimum absolute atomic E-state index is 0.667. The molecule has 0 aromatic carbocycles. The topological polar surface area (TPSA) is 190 Å². The van der Waals surface area contributed by atoms with Gasteiger partial charge in [-0.1, -0.05) is 0 Å². The van der Waals surface area contributed by atoms with Crippen LogP contribution in [0.3, 0.4) is 0 Å². The van der Waals surface area contributed by atoms with Crippen molar-refractivity contribution < 1.29 is 55.1 Å². The first-order valence-corrected chi connectivity index (χ1v) is 7.08. The van der Waals surface area contributed by atoms with E-state index in [4.69, 9.17) is 24.4 Å². The van der Waals surface area contributed by atoms with Crippen LogP contribution in [0.15, 0.2) is 0 Å². The van der Waals surface area contributed by atoms with E-state index in [-0.39, 0.29) is 0 Å². The van der Waals surface area contributed by atoms with E-state index in [1.54, 1.807) is 0 Å². The van der Waals surface area contributed by atoms with E-state index in [0.29, 0.717) is 0 Å². The van der Waals surface area contributed by atoms with Crippen molar-refractivity contribution in [2.24, 2.45) is 0 Å². The maximum atomic E-state index is 10.00. The SMILES string of the molecule is OC[C@@H]1O[C@@H](O[C@@H]2[C@@H](O)[C@H](O)O[C@H](CO)[C@H]2O)[C@@H](O)[C@H](O)[C@H]1O. The van der Waals surface area contributed by atoms with Crippen LogP contribution < -0.4 is 0 Å². The molecule has 10 atom stereocenters. The van der Waals surface area contributed by atoms with E-state index in [0.717, 1.165) is 0 Å². The predicted octanol–water partition coefficient (Wildman–Crippen LogP) is -5.40. The number of aliphatic hydroxyl groups is 8. The fourth-order valence-corrected chi connectivity index (χ4v) is 2.56. The summed E-state index contributed by atoms with van der Waals surface area (Å²) in [7, 11) is 0. The van der Waals surface area contributed by atoms with Crippen LogP contribution in [-0.4, -0.2) is 115 Å². The highest BCUT2D eigenvalue weighted by Gasteiger charge is 2.50. The summed E-state index contributed by atoms with van der Waals surface area (Å²) in [6, 6.07) is 0. The monoisotopic (exact) mass is 342 g/mol. The molecule has 136 valence electrons. The first-order valence-electron chi connectivity index (χ1n) is 7.08. The molecule has 0 aromatic heterocycles. The molecule has 2 aliphatic rings. The molecule has 2 heterocycles. The van der Waals surface area contributed by atoms with Crippen molar-refractivity contribution in [3.8, 4) is 0 Å². The summed E-state index contributed by atoms with van der Waals surface area (Å²) < 4.78 is 15.1. The van der Waals surface area contributed by atoms with Crippen molar-refractivity contribution in [2.45, 2.75) is 61.4 Å². The van der Waals surface area contributed by atoms with Gasteiger partial charge >= 0.3 is 0 Å². The Morgan fingerprint density at radius 2 is 1.22 bits per heavy atom. The molecular formula is C12H22O11. The average Bonchev–Trinajstić information content (AvgIpc) is 2.54. The highest BCUT2D eigenvalue weighted by Crippen LogP contribution is 2.28. The summed E-state index contributed by atoms with van der Waals surface area (Å²) in [5.74, 6) is 0. The van der Waals surface area contributed by atoms with E-state index < -0.39 is 74.6 Å². The minimum atomic E-state index is -1.76. The van der Waals surface area contributed by atoms with Gasteiger partial charge in [0.15, 0.2) is 12.6 Å². The molecule has 2 aliphatic heterocycles. The zero-order valence-corrected chi connectivity index (χ0v) is 12.0. The van der Waals surface area contributed by atoms with Gasteiger partial charge in [0.25, 0.3) is 0 Å². The molecule has 0 spiro atoms. The van der Waals surface area contributed by atoms with Gasteiger partial charge in [0.1, 0.15) is 48.8 Å². The Balaban J connectivity index is 2.11. The van der Waals surface area contributed by atoms with Crippen LogP contribution in [0.1, 0.15) is 0 Å². The summed E-state index contributed by atoms with van der Waals surface area (Å²) in [6.45, 7) is -1.34. The second-order valence-electron chi connectivity index (χ2n) is 5.53. The molecule has 11 heteroatoms. The number of hydrogen-bond acceptors (Lipinski definition) is 11. The number of hydrogen-bond donors (Lipinski definition) is 8. The van der Waals surface area contributed by atoms with Crippen LogP contribution in [0.2, 0.25) is 0 Å². The standard InChI is InChI=1S/C12H22O11/c13-1-3-5(15)7(17)8(18)12(22-3)23-10-6(16)4(2-14)21-11(20)9(10)19/h3-20H,1-2H2/t3-,4+,5-,6+,7+,8-,9+,10-,11+,12-/m0/s1. The highest BCUT2D eigenvalue weighted by molar-refractivity contribution is 4.93. The summed E-state index contributed by atoms with van der Waals surface area (Å²) in [5.41, 5.74) is 0. The largest absolute Gasteiger partial charge is 0.394 e. The average molecular weight is 342 g/mol. The number of rotatable bonds is 4.